The lowest BCUT2D eigenvalue weighted by molar-refractivity contribution is 0.510. The molecule has 136 valence electrons. The van der Waals surface area contributed by atoms with Crippen LogP contribution in [0, 0.1) is 23.1 Å². The Morgan fingerprint density at radius 2 is 1.89 bits per heavy atom. The van der Waals surface area contributed by atoms with Crippen molar-refractivity contribution >= 4 is 0 Å². The van der Waals surface area contributed by atoms with Crippen LogP contribution < -0.4 is 0 Å². The van der Waals surface area contributed by atoms with E-state index in [0.717, 1.165) is 23.4 Å². The molecular weight excluding hydrogens is 339 g/mol. The Hall–Kier alpha value is -3.00. The van der Waals surface area contributed by atoms with Gasteiger partial charge in [0, 0.05) is 5.56 Å². The van der Waals surface area contributed by atoms with Crippen LogP contribution in [-0.4, -0.2) is 15.0 Å². The lowest BCUT2D eigenvalue weighted by Crippen LogP contribution is -2.10. The minimum absolute atomic E-state index is 0.0388. The highest BCUT2D eigenvalue weighted by Gasteiger charge is 2.22. The van der Waals surface area contributed by atoms with E-state index < -0.39 is 5.82 Å². The molecule has 0 amide bonds. The largest absolute Gasteiger partial charge is 0.244 e. The van der Waals surface area contributed by atoms with Gasteiger partial charge in [0.15, 0.2) is 0 Å². The summed E-state index contributed by atoms with van der Waals surface area (Å²) in [5, 5.41) is 18.0. The zero-order valence-corrected chi connectivity index (χ0v) is 15.1. The maximum Gasteiger partial charge on any atom is 0.140 e. The monoisotopic (exact) mass is 360 g/mol. The fraction of sp³-hybridized carbons (Fsp3) is 0.318. The highest BCUT2D eigenvalue weighted by molar-refractivity contribution is 5.63. The van der Waals surface area contributed by atoms with E-state index >= 15 is 0 Å². The van der Waals surface area contributed by atoms with Gasteiger partial charge in [0.25, 0.3) is 0 Å². The SMILES string of the molecule is N#Cc1cc(-c2nnn(Cc3ccccc3)c2CC2CCCC2)ccc1F. The number of hydrogen-bond donors (Lipinski definition) is 0. The van der Waals surface area contributed by atoms with Gasteiger partial charge in [0.1, 0.15) is 17.6 Å². The molecule has 1 fully saturated rings. The number of nitriles is 1. The molecule has 0 aliphatic heterocycles. The van der Waals surface area contributed by atoms with Crippen LogP contribution in [0.1, 0.15) is 42.5 Å². The quantitative estimate of drug-likeness (QED) is 0.660. The average Bonchev–Trinajstić information content (AvgIpc) is 3.34. The molecule has 27 heavy (non-hydrogen) atoms. The van der Waals surface area contributed by atoms with Crippen molar-refractivity contribution < 1.29 is 4.39 Å². The Balaban J connectivity index is 1.73. The molecule has 0 N–H and O–H groups in total. The number of aromatic nitrogens is 3. The first kappa shape index (κ1) is 17.4. The topological polar surface area (TPSA) is 54.5 Å². The van der Waals surface area contributed by atoms with Crippen molar-refractivity contribution in [3.63, 3.8) is 0 Å². The maximum absolute atomic E-state index is 13.7. The molecule has 1 saturated carbocycles. The third-order valence-corrected chi connectivity index (χ3v) is 5.33. The van der Waals surface area contributed by atoms with Crippen LogP contribution in [0.2, 0.25) is 0 Å². The Labute approximate surface area is 158 Å². The van der Waals surface area contributed by atoms with Crippen molar-refractivity contribution in [3.05, 3.63) is 71.2 Å². The second kappa shape index (κ2) is 7.71. The van der Waals surface area contributed by atoms with Crippen LogP contribution in [0.4, 0.5) is 4.39 Å². The lowest BCUT2D eigenvalue weighted by atomic mass is 9.97. The van der Waals surface area contributed by atoms with Crippen LogP contribution in [0.3, 0.4) is 0 Å². The van der Waals surface area contributed by atoms with Gasteiger partial charge in [0.2, 0.25) is 0 Å². The molecule has 4 rings (SSSR count). The van der Waals surface area contributed by atoms with Crippen molar-refractivity contribution in [2.24, 2.45) is 5.92 Å². The average molecular weight is 360 g/mol. The number of benzene rings is 2. The smallest absolute Gasteiger partial charge is 0.140 e. The predicted octanol–water partition coefficient (Wildman–Crippen LogP) is 4.74. The van der Waals surface area contributed by atoms with Gasteiger partial charge in [-0.1, -0.05) is 61.2 Å². The van der Waals surface area contributed by atoms with E-state index in [1.165, 1.54) is 37.3 Å². The molecule has 1 aliphatic carbocycles. The molecule has 5 heteroatoms. The first-order valence-corrected chi connectivity index (χ1v) is 9.41. The van der Waals surface area contributed by atoms with Gasteiger partial charge in [-0.25, -0.2) is 9.07 Å². The molecule has 3 aromatic rings. The van der Waals surface area contributed by atoms with Gasteiger partial charge in [-0.15, -0.1) is 5.10 Å². The molecule has 1 heterocycles. The zero-order valence-electron chi connectivity index (χ0n) is 15.1. The first-order valence-electron chi connectivity index (χ1n) is 9.41. The minimum atomic E-state index is -0.504. The summed E-state index contributed by atoms with van der Waals surface area (Å²) in [6.07, 6.45) is 5.91. The summed E-state index contributed by atoms with van der Waals surface area (Å²) in [7, 11) is 0. The summed E-state index contributed by atoms with van der Waals surface area (Å²) in [6.45, 7) is 0.655. The summed E-state index contributed by atoms with van der Waals surface area (Å²) in [4.78, 5) is 0. The van der Waals surface area contributed by atoms with Crippen LogP contribution in [0.15, 0.2) is 48.5 Å². The van der Waals surface area contributed by atoms with E-state index in [-0.39, 0.29) is 5.56 Å². The first-order chi connectivity index (χ1) is 13.2. The number of hydrogen-bond acceptors (Lipinski definition) is 3. The molecule has 0 bridgehead atoms. The van der Waals surface area contributed by atoms with Crippen LogP contribution >= 0.6 is 0 Å². The summed E-state index contributed by atoms with van der Waals surface area (Å²) >= 11 is 0. The molecule has 0 atom stereocenters. The molecule has 4 nitrogen and oxygen atoms in total. The zero-order chi connectivity index (χ0) is 18.6. The van der Waals surface area contributed by atoms with E-state index in [9.17, 15) is 4.39 Å². The Kier molecular flexibility index (Phi) is 4.97. The molecule has 2 aromatic carbocycles. The fourth-order valence-electron chi connectivity index (χ4n) is 3.89. The van der Waals surface area contributed by atoms with Crippen molar-refractivity contribution in [2.45, 2.75) is 38.6 Å². The van der Waals surface area contributed by atoms with Crippen LogP contribution in [0.25, 0.3) is 11.3 Å². The minimum Gasteiger partial charge on any atom is -0.244 e. The lowest BCUT2D eigenvalue weighted by Gasteiger charge is -2.13. The third-order valence-electron chi connectivity index (χ3n) is 5.33. The van der Waals surface area contributed by atoms with Gasteiger partial charge in [0.05, 0.1) is 17.8 Å². The summed E-state index contributed by atoms with van der Waals surface area (Å²) < 4.78 is 15.7. The number of halogens is 1. The Morgan fingerprint density at radius 1 is 1.11 bits per heavy atom. The molecule has 1 aromatic heterocycles. The van der Waals surface area contributed by atoms with Gasteiger partial charge in [-0.2, -0.15) is 5.26 Å². The number of nitrogens with zero attached hydrogens (tertiary/aromatic N) is 4. The summed E-state index contributed by atoms with van der Waals surface area (Å²) in [5.41, 5.74) is 3.78. The van der Waals surface area contributed by atoms with Crippen LogP contribution in [-0.2, 0) is 13.0 Å². The second-order valence-corrected chi connectivity index (χ2v) is 7.19. The number of rotatable bonds is 5. The van der Waals surface area contributed by atoms with E-state index in [1.54, 1.807) is 12.1 Å². The highest BCUT2D eigenvalue weighted by atomic mass is 19.1. The third kappa shape index (κ3) is 3.75. The van der Waals surface area contributed by atoms with Gasteiger partial charge in [-0.05, 0) is 36.1 Å². The van der Waals surface area contributed by atoms with Crippen molar-refractivity contribution in [1.29, 1.82) is 5.26 Å². The fourth-order valence-corrected chi connectivity index (χ4v) is 3.89. The van der Waals surface area contributed by atoms with Crippen molar-refractivity contribution in [1.82, 2.24) is 15.0 Å². The molecule has 1 aliphatic rings. The van der Waals surface area contributed by atoms with E-state index in [4.69, 9.17) is 5.26 Å². The molecular formula is C22H21FN4. The van der Waals surface area contributed by atoms with Crippen molar-refractivity contribution in [3.8, 4) is 17.3 Å². The Bertz CT molecular complexity index is 966. The maximum atomic E-state index is 13.7. The highest BCUT2D eigenvalue weighted by Crippen LogP contribution is 2.32. The van der Waals surface area contributed by atoms with E-state index in [1.807, 2.05) is 29.0 Å². The molecule has 0 radical (unpaired) electrons. The van der Waals surface area contributed by atoms with E-state index in [0.29, 0.717) is 12.5 Å². The van der Waals surface area contributed by atoms with Crippen LogP contribution in [0.5, 0.6) is 0 Å². The summed E-state index contributed by atoms with van der Waals surface area (Å²) in [6, 6.07) is 16.7. The van der Waals surface area contributed by atoms with Gasteiger partial charge in [-0.3, -0.25) is 0 Å². The Morgan fingerprint density at radius 3 is 2.63 bits per heavy atom. The van der Waals surface area contributed by atoms with Gasteiger partial charge >= 0.3 is 0 Å². The molecule has 0 unspecified atom stereocenters. The molecule has 0 saturated heterocycles. The normalized spacial score (nSPS) is 14.4. The van der Waals surface area contributed by atoms with E-state index in [2.05, 4.69) is 22.4 Å². The second-order valence-electron chi connectivity index (χ2n) is 7.19. The molecule has 0 spiro atoms. The standard InChI is InChI=1S/C22H21FN4/c23-20-11-10-18(13-19(20)14-24)22-21(12-16-6-4-5-7-16)27(26-25-22)15-17-8-2-1-3-9-17/h1-3,8-11,13,16H,4-7,12,15H2. The summed E-state index contributed by atoms with van der Waals surface area (Å²) in [5.74, 6) is 0.128. The van der Waals surface area contributed by atoms with Crippen molar-refractivity contribution in [2.75, 3.05) is 0 Å². The predicted molar refractivity (Wildman–Crippen MR) is 101 cm³/mol. The van der Waals surface area contributed by atoms with Gasteiger partial charge < -0.3 is 0 Å².